The molecule has 0 fully saturated rings. The number of hydrogen-bond donors (Lipinski definition) is 1. The van der Waals surface area contributed by atoms with E-state index in [0.29, 0.717) is 6.42 Å². The first kappa shape index (κ1) is 9.76. The summed E-state index contributed by atoms with van der Waals surface area (Å²) in [6, 6.07) is 3.93. The van der Waals surface area contributed by atoms with Crippen molar-refractivity contribution in [1.29, 1.82) is 0 Å². The smallest absolute Gasteiger partial charge is 0.0573 e. The van der Waals surface area contributed by atoms with Gasteiger partial charge in [-0.05, 0) is 31.0 Å². The van der Waals surface area contributed by atoms with E-state index in [-0.39, 0.29) is 6.04 Å². The van der Waals surface area contributed by atoms with Crippen LogP contribution in [0.4, 0.5) is 0 Å². The maximum Gasteiger partial charge on any atom is 0.0573 e. The molecule has 0 aromatic carbocycles. The molecule has 1 rings (SSSR count). The lowest BCUT2D eigenvalue weighted by Gasteiger charge is -2.09. The Morgan fingerprint density at radius 2 is 2.46 bits per heavy atom. The zero-order valence-electron chi connectivity index (χ0n) is 7.83. The van der Waals surface area contributed by atoms with Crippen LogP contribution in [0.5, 0.6) is 0 Å². The summed E-state index contributed by atoms with van der Waals surface area (Å²) in [5.74, 6) is 2.58. The Balaban J connectivity index is 2.66. The summed E-state index contributed by atoms with van der Waals surface area (Å²) in [7, 11) is 0. The van der Waals surface area contributed by atoms with Crippen molar-refractivity contribution < 1.29 is 0 Å². The predicted molar refractivity (Wildman–Crippen MR) is 54.0 cm³/mol. The van der Waals surface area contributed by atoms with Gasteiger partial charge in [-0.1, -0.05) is 0 Å². The molecule has 1 atom stereocenters. The Morgan fingerprint density at radius 3 is 3.08 bits per heavy atom. The maximum atomic E-state index is 5.89. The Morgan fingerprint density at radius 1 is 1.69 bits per heavy atom. The maximum absolute atomic E-state index is 5.89. The van der Waals surface area contributed by atoms with Gasteiger partial charge >= 0.3 is 0 Å². The zero-order valence-corrected chi connectivity index (χ0v) is 7.83. The number of pyridine rings is 1. The number of aromatic nitrogens is 1. The lowest BCUT2D eigenvalue weighted by molar-refractivity contribution is 0.647. The summed E-state index contributed by atoms with van der Waals surface area (Å²) in [5.41, 5.74) is 8.00. The monoisotopic (exact) mass is 174 g/mol. The molecule has 0 spiro atoms. The third-order valence-electron chi connectivity index (χ3n) is 1.92. The van der Waals surface area contributed by atoms with Gasteiger partial charge in [-0.15, -0.1) is 12.3 Å². The van der Waals surface area contributed by atoms with E-state index in [2.05, 4.69) is 10.9 Å². The average Bonchev–Trinajstić information content (AvgIpc) is 2.14. The average molecular weight is 174 g/mol. The molecule has 0 aliphatic carbocycles. The molecule has 0 saturated carbocycles. The van der Waals surface area contributed by atoms with Crippen LogP contribution < -0.4 is 5.73 Å². The van der Waals surface area contributed by atoms with Gasteiger partial charge in [0.1, 0.15) is 0 Å². The minimum Gasteiger partial charge on any atom is -0.323 e. The van der Waals surface area contributed by atoms with Crippen molar-refractivity contribution in [3.05, 3.63) is 29.6 Å². The standard InChI is InChI=1S/C11H14N2/c1-3-4-5-10(12)11-8-9(2)6-7-13-11/h1,6-8,10H,4-5,12H2,2H3. The number of nitrogens with two attached hydrogens (primary N) is 1. The minimum atomic E-state index is -0.0315. The molecule has 68 valence electrons. The summed E-state index contributed by atoms with van der Waals surface area (Å²) >= 11 is 0. The molecular formula is C11H14N2. The van der Waals surface area contributed by atoms with Crippen LogP contribution >= 0.6 is 0 Å². The third-order valence-corrected chi connectivity index (χ3v) is 1.92. The second-order valence-electron chi connectivity index (χ2n) is 3.11. The van der Waals surface area contributed by atoms with Crippen molar-refractivity contribution in [1.82, 2.24) is 4.98 Å². The van der Waals surface area contributed by atoms with Crippen LogP contribution in [-0.4, -0.2) is 4.98 Å². The van der Waals surface area contributed by atoms with E-state index in [1.54, 1.807) is 6.20 Å². The van der Waals surface area contributed by atoms with Crippen LogP contribution in [-0.2, 0) is 0 Å². The van der Waals surface area contributed by atoms with Crippen LogP contribution in [0.1, 0.15) is 30.1 Å². The molecule has 1 unspecified atom stereocenters. The fourth-order valence-corrected chi connectivity index (χ4v) is 1.15. The number of terminal acetylenes is 1. The first-order valence-corrected chi connectivity index (χ1v) is 4.35. The van der Waals surface area contributed by atoms with Crippen molar-refractivity contribution in [2.75, 3.05) is 0 Å². The molecule has 1 aromatic heterocycles. The first-order chi connectivity index (χ1) is 6.24. The third kappa shape index (κ3) is 2.89. The van der Waals surface area contributed by atoms with E-state index < -0.39 is 0 Å². The van der Waals surface area contributed by atoms with E-state index in [4.69, 9.17) is 12.2 Å². The highest BCUT2D eigenvalue weighted by atomic mass is 14.8. The quantitative estimate of drug-likeness (QED) is 0.710. The second kappa shape index (κ2) is 4.64. The van der Waals surface area contributed by atoms with Gasteiger partial charge < -0.3 is 5.73 Å². The molecule has 0 aliphatic heterocycles. The SMILES string of the molecule is C#CCCC(N)c1cc(C)ccn1. The Bertz CT molecular complexity index is 312. The van der Waals surface area contributed by atoms with E-state index >= 15 is 0 Å². The molecule has 2 heteroatoms. The lowest BCUT2D eigenvalue weighted by atomic mass is 10.1. The van der Waals surface area contributed by atoms with Crippen molar-refractivity contribution in [3.8, 4) is 12.3 Å². The normalized spacial score (nSPS) is 12.1. The highest BCUT2D eigenvalue weighted by Gasteiger charge is 2.05. The fourth-order valence-electron chi connectivity index (χ4n) is 1.15. The largest absolute Gasteiger partial charge is 0.323 e. The van der Waals surface area contributed by atoms with E-state index in [9.17, 15) is 0 Å². The number of nitrogens with zero attached hydrogens (tertiary/aromatic N) is 1. The molecule has 2 nitrogen and oxygen atoms in total. The van der Waals surface area contributed by atoms with Crippen molar-refractivity contribution in [3.63, 3.8) is 0 Å². The van der Waals surface area contributed by atoms with Gasteiger partial charge in [-0.2, -0.15) is 0 Å². The molecule has 0 amide bonds. The van der Waals surface area contributed by atoms with Gasteiger partial charge in [0.25, 0.3) is 0 Å². The molecule has 0 aliphatic rings. The van der Waals surface area contributed by atoms with Crippen LogP contribution in [0.2, 0.25) is 0 Å². The van der Waals surface area contributed by atoms with Crippen LogP contribution in [0.3, 0.4) is 0 Å². The van der Waals surface area contributed by atoms with E-state index in [0.717, 1.165) is 12.1 Å². The van der Waals surface area contributed by atoms with Gasteiger partial charge in [0.2, 0.25) is 0 Å². The van der Waals surface area contributed by atoms with Gasteiger partial charge in [-0.3, -0.25) is 4.98 Å². The summed E-state index contributed by atoms with van der Waals surface area (Å²) in [6.45, 7) is 2.03. The molecule has 0 radical (unpaired) electrons. The Kier molecular flexibility index (Phi) is 3.48. The molecule has 1 heterocycles. The summed E-state index contributed by atoms with van der Waals surface area (Å²) in [4.78, 5) is 4.20. The van der Waals surface area contributed by atoms with Crippen LogP contribution in [0, 0.1) is 19.3 Å². The summed E-state index contributed by atoms with van der Waals surface area (Å²) in [6.07, 6.45) is 8.44. The molecule has 2 N–H and O–H groups in total. The molecule has 1 aromatic rings. The highest BCUT2D eigenvalue weighted by molar-refractivity contribution is 5.17. The van der Waals surface area contributed by atoms with Gasteiger partial charge in [-0.25, -0.2) is 0 Å². The van der Waals surface area contributed by atoms with Gasteiger partial charge in [0.05, 0.1) is 5.69 Å². The van der Waals surface area contributed by atoms with Crippen molar-refractivity contribution in [2.24, 2.45) is 5.73 Å². The Labute approximate surface area is 79.2 Å². The van der Waals surface area contributed by atoms with Crippen LogP contribution in [0.15, 0.2) is 18.3 Å². The number of hydrogen-bond acceptors (Lipinski definition) is 2. The Hall–Kier alpha value is -1.33. The van der Waals surface area contributed by atoms with E-state index in [1.807, 2.05) is 19.1 Å². The molecular weight excluding hydrogens is 160 g/mol. The number of aryl methyl sites for hydroxylation is 1. The molecule has 0 bridgehead atoms. The minimum absolute atomic E-state index is 0.0315. The van der Waals surface area contributed by atoms with E-state index in [1.165, 1.54) is 5.56 Å². The first-order valence-electron chi connectivity index (χ1n) is 4.35. The lowest BCUT2D eigenvalue weighted by Crippen LogP contribution is -2.11. The molecule has 0 saturated heterocycles. The summed E-state index contributed by atoms with van der Waals surface area (Å²) in [5, 5.41) is 0. The fraction of sp³-hybridized carbons (Fsp3) is 0.364. The number of rotatable bonds is 3. The van der Waals surface area contributed by atoms with Crippen molar-refractivity contribution >= 4 is 0 Å². The van der Waals surface area contributed by atoms with Gasteiger partial charge in [0.15, 0.2) is 0 Å². The molecule has 13 heavy (non-hydrogen) atoms. The zero-order chi connectivity index (χ0) is 9.68. The van der Waals surface area contributed by atoms with Crippen molar-refractivity contribution in [2.45, 2.75) is 25.8 Å². The topological polar surface area (TPSA) is 38.9 Å². The van der Waals surface area contributed by atoms with Crippen LogP contribution in [0.25, 0.3) is 0 Å². The predicted octanol–water partition coefficient (Wildman–Crippen LogP) is 1.80. The second-order valence-corrected chi connectivity index (χ2v) is 3.11. The van der Waals surface area contributed by atoms with Gasteiger partial charge in [0, 0.05) is 18.7 Å². The summed E-state index contributed by atoms with van der Waals surface area (Å²) < 4.78 is 0. The highest BCUT2D eigenvalue weighted by Crippen LogP contribution is 2.13.